The normalized spacial score (nSPS) is 19.8. The van der Waals surface area contributed by atoms with Crippen molar-refractivity contribution in [3.05, 3.63) is 0 Å². The number of thioether (sulfide) groups is 1. The van der Waals surface area contributed by atoms with Crippen molar-refractivity contribution in [3.8, 4) is 0 Å². The summed E-state index contributed by atoms with van der Waals surface area (Å²) in [7, 11) is 0. The Morgan fingerprint density at radius 3 is 2.89 bits per heavy atom. The summed E-state index contributed by atoms with van der Waals surface area (Å²) in [5.41, 5.74) is 2.51. The molecule has 2 aliphatic rings. The highest BCUT2D eigenvalue weighted by Gasteiger charge is 2.28. The van der Waals surface area contributed by atoms with E-state index >= 15 is 0 Å². The Morgan fingerprint density at radius 2 is 2.16 bits per heavy atom. The van der Waals surface area contributed by atoms with Gasteiger partial charge in [-0.2, -0.15) is 0 Å². The molecule has 1 N–H and O–H groups in total. The van der Waals surface area contributed by atoms with E-state index in [9.17, 15) is 4.79 Å². The topological polar surface area (TPSA) is 81.9 Å². The predicted molar refractivity (Wildman–Crippen MR) is 68.3 cm³/mol. The molecule has 2 saturated carbocycles. The van der Waals surface area contributed by atoms with Gasteiger partial charge in [0.05, 0.1) is 17.9 Å². The molecule has 0 saturated heterocycles. The van der Waals surface area contributed by atoms with E-state index in [0.717, 1.165) is 25.7 Å². The fourth-order valence-electron chi connectivity index (χ4n) is 2.14. The number of hydroxylamine groups is 1. The van der Waals surface area contributed by atoms with Gasteiger partial charge in [0.15, 0.2) is 0 Å². The van der Waals surface area contributed by atoms with E-state index < -0.39 is 0 Å². The molecule has 2 aliphatic carbocycles. The van der Waals surface area contributed by atoms with E-state index in [1.165, 1.54) is 24.6 Å². The van der Waals surface area contributed by atoms with E-state index in [4.69, 9.17) is 4.84 Å². The maximum Gasteiger partial charge on any atom is 0.254 e. The molecule has 3 rings (SSSR count). The first kappa shape index (κ1) is 12.9. The van der Waals surface area contributed by atoms with Gasteiger partial charge in [0.1, 0.15) is 0 Å². The van der Waals surface area contributed by atoms with Gasteiger partial charge in [-0.05, 0) is 36.1 Å². The molecule has 0 unspecified atom stereocenters. The number of rotatable bonds is 6. The number of carbonyl (C=O) groups is 1. The molecule has 7 nitrogen and oxygen atoms in total. The van der Waals surface area contributed by atoms with Crippen LogP contribution in [0.2, 0.25) is 0 Å². The molecule has 8 heteroatoms. The number of tetrazole rings is 1. The fourth-order valence-corrected chi connectivity index (χ4v) is 2.87. The van der Waals surface area contributed by atoms with Crippen LogP contribution in [0.15, 0.2) is 5.16 Å². The third kappa shape index (κ3) is 3.44. The van der Waals surface area contributed by atoms with Crippen LogP contribution in [-0.4, -0.2) is 38.0 Å². The summed E-state index contributed by atoms with van der Waals surface area (Å²) < 4.78 is 1.80. The van der Waals surface area contributed by atoms with E-state index in [1.54, 1.807) is 4.68 Å². The van der Waals surface area contributed by atoms with Crippen LogP contribution in [0, 0.1) is 0 Å². The summed E-state index contributed by atoms with van der Waals surface area (Å²) in [6.45, 7) is 0. The quantitative estimate of drug-likeness (QED) is 0.621. The van der Waals surface area contributed by atoms with Crippen LogP contribution < -0.4 is 5.48 Å². The SMILES string of the molecule is O=C(CSc1nnnn1C1CC1)NOC1CCCC1. The summed E-state index contributed by atoms with van der Waals surface area (Å²) in [4.78, 5) is 17.0. The standard InChI is InChI=1S/C11H17N5O2S/c17-10(13-18-9-3-1-2-4-9)7-19-11-12-14-15-16(11)8-5-6-8/h8-9H,1-7H2,(H,13,17). The third-order valence-corrected chi connectivity index (χ3v) is 4.26. The Hall–Kier alpha value is -1.15. The van der Waals surface area contributed by atoms with Crippen molar-refractivity contribution in [1.82, 2.24) is 25.7 Å². The lowest BCUT2D eigenvalue weighted by Crippen LogP contribution is -2.29. The summed E-state index contributed by atoms with van der Waals surface area (Å²) in [5.74, 6) is 0.141. The second-order valence-corrected chi connectivity index (χ2v) is 5.92. The van der Waals surface area contributed by atoms with Crippen LogP contribution in [0.3, 0.4) is 0 Å². The van der Waals surface area contributed by atoms with Crippen molar-refractivity contribution in [2.75, 3.05) is 5.75 Å². The zero-order chi connectivity index (χ0) is 13.1. The van der Waals surface area contributed by atoms with Gasteiger partial charge < -0.3 is 0 Å². The zero-order valence-electron chi connectivity index (χ0n) is 10.6. The first-order valence-electron chi connectivity index (χ1n) is 6.68. The number of carbonyl (C=O) groups excluding carboxylic acids is 1. The summed E-state index contributed by atoms with van der Waals surface area (Å²) in [6.07, 6.45) is 6.87. The van der Waals surface area contributed by atoms with Crippen LogP contribution >= 0.6 is 11.8 Å². The van der Waals surface area contributed by atoms with Gasteiger partial charge in [-0.1, -0.05) is 24.6 Å². The van der Waals surface area contributed by atoms with E-state index in [2.05, 4.69) is 21.0 Å². The molecule has 2 fully saturated rings. The first-order valence-corrected chi connectivity index (χ1v) is 7.66. The highest BCUT2D eigenvalue weighted by atomic mass is 32.2. The third-order valence-electron chi connectivity index (χ3n) is 3.33. The molecule has 19 heavy (non-hydrogen) atoms. The largest absolute Gasteiger partial charge is 0.272 e. The monoisotopic (exact) mass is 283 g/mol. The van der Waals surface area contributed by atoms with E-state index in [-0.39, 0.29) is 17.8 Å². The van der Waals surface area contributed by atoms with Crippen molar-refractivity contribution in [2.45, 2.75) is 55.8 Å². The molecule has 1 amide bonds. The van der Waals surface area contributed by atoms with Crippen LogP contribution in [0.4, 0.5) is 0 Å². The molecule has 0 aliphatic heterocycles. The van der Waals surface area contributed by atoms with E-state index in [1.807, 2.05) is 0 Å². The number of amides is 1. The molecule has 0 atom stereocenters. The summed E-state index contributed by atoms with van der Waals surface area (Å²) >= 11 is 1.35. The highest BCUT2D eigenvalue weighted by Crippen LogP contribution is 2.36. The van der Waals surface area contributed by atoms with Gasteiger partial charge in [0.25, 0.3) is 5.91 Å². The minimum Gasteiger partial charge on any atom is -0.272 e. The Balaban J connectivity index is 1.40. The van der Waals surface area contributed by atoms with Gasteiger partial charge in [-0.3, -0.25) is 9.63 Å². The van der Waals surface area contributed by atoms with Crippen molar-refractivity contribution < 1.29 is 9.63 Å². The number of nitrogens with zero attached hydrogens (tertiary/aromatic N) is 4. The molecule has 0 aromatic carbocycles. The van der Waals surface area contributed by atoms with E-state index in [0.29, 0.717) is 11.2 Å². The number of nitrogens with one attached hydrogen (secondary N) is 1. The Kier molecular flexibility index (Phi) is 3.97. The van der Waals surface area contributed by atoms with Crippen molar-refractivity contribution in [2.24, 2.45) is 0 Å². The molecule has 0 bridgehead atoms. The molecule has 0 spiro atoms. The highest BCUT2D eigenvalue weighted by molar-refractivity contribution is 7.99. The van der Waals surface area contributed by atoms with Gasteiger partial charge in [0.2, 0.25) is 5.16 Å². The van der Waals surface area contributed by atoms with Gasteiger partial charge in [-0.25, -0.2) is 10.2 Å². The molecule has 0 radical (unpaired) electrons. The molecule has 1 heterocycles. The van der Waals surface area contributed by atoms with Crippen molar-refractivity contribution in [1.29, 1.82) is 0 Å². The van der Waals surface area contributed by atoms with Gasteiger partial charge in [-0.15, -0.1) is 5.10 Å². The number of hydrogen-bond donors (Lipinski definition) is 1. The zero-order valence-corrected chi connectivity index (χ0v) is 11.4. The Labute approximate surface area is 115 Å². The molecular formula is C11H17N5O2S. The van der Waals surface area contributed by atoms with Crippen molar-refractivity contribution in [3.63, 3.8) is 0 Å². The van der Waals surface area contributed by atoms with Crippen LogP contribution in [-0.2, 0) is 9.63 Å². The van der Waals surface area contributed by atoms with Crippen LogP contribution in [0.1, 0.15) is 44.6 Å². The summed E-state index contributed by atoms with van der Waals surface area (Å²) in [5, 5.41) is 12.2. The van der Waals surface area contributed by atoms with Crippen LogP contribution in [0.5, 0.6) is 0 Å². The average molecular weight is 283 g/mol. The van der Waals surface area contributed by atoms with Gasteiger partial charge in [0, 0.05) is 0 Å². The maximum absolute atomic E-state index is 11.7. The Bertz CT molecular complexity index is 442. The van der Waals surface area contributed by atoms with Crippen molar-refractivity contribution >= 4 is 17.7 Å². The maximum atomic E-state index is 11.7. The molecule has 1 aromatic rings. The Morgan fingerprint density at radius 1 is 1.37 bits per heavy atom. The summed E-state index contributed by atoms with van der Waals surface area (Å²) in [6, 6.07) is 0.426. The van der Waals surface area contributed by atoms with Crippen LogP contribution in [0.25, 0.3) is 0 Å². The second kappa shape index (κ2) is 5.87. The molecule has 1 aromatic heterocycles. The lowest BCUT2D eigenvalue weighted by Gasteiger charge is -2.10. The lowest BCUT2D eigenvalue weighted by atomic mass is 10.3. The number of aromatic nitrogens is 4. The lowest BCUT2D eigenvalue weighted by molar-refractivity contribution is -0.135. The fraction of sp³-hybridized carbons (Fsp3) is 0.818. The number of hydrogen-bond acceptors (Lipinski definition) is 6. The minimum absolute atomic E-state index is 0.137. The van der Waals surface area contributed by atoms with Gasteiger partial charge >= 0.3 is 0 Å². The smallest absolute Gasteiger partial charge is 0.254 e. The minimum atomic E-state index is -0.137. The first-order chi connectivity index (χ1) is 9.33. The average Bonchev–Trinajstić information content (AvgIpc) is 2.94. The molecule has 104 valence electrons. The molecular weight excluding hydrogens is 266 g/mol. The second-order valence-electron chi connectivity index (χ2n) is 4.98. The predicted octanol–water partition coefficient (Wildman–Crippen LogP) is 1.09.